The van der Waals surface area contributed by atoms with E-state index in [1.807, 2.05) is 27.7 Å². The highest BCUT2D eigenvalue weighted by atomic mass is 16.2. The van der Waals surface area contributed by atoms with E-state index in [9.17, 15) is 9.59 Å². The Bertz CT molecular complexity index is 481. The van der Waals surface area contributed by atoms with Crippen molar-refractivity contribution in [2.45, 2.75) is 47.2 Å². The van der Waals surface area contributed by atoms with Crippen LogP contribution in [-0.2, 0) is 6.54 Å². The van der Waals surface area contributed by atoms with Crippen molar-refractivity contribution in [2.75, 3.05) is 0 Å². The van der Waals surface area contributed by atoms with Crippen molar-refractivity contribution in [1.82, 2.24) is 9.13 Å². The van der Waals surface area contributed by atoms with Crippen molar-refractivity contribution in [3.63, 3.8) is 0 Å². The molecule has 1 rings (SSSR count). The minimum Gasteiger partial charge on any atom is -0.298 e. The smallest absolute Gasteiger partial charge is 0.298 e. The molecule has 0 fully saturated rings. The molecule has 0 aliphatic heterocycles. The van der Waals surface area contributed by atoms with E-state index in [0.717, 1.165) is 0 Å². The van der Waals surface area contributed by atoms with E-state index < -0.39 is 0 Å². The molecule has 0 unspecified atom stereocenters. The molecule has 16 heavy (non-hydrogen) atoms. The lowest BCUT2D eigenvalue weighted by atomic mass is 10.2. The molecule has 90 valence electrons. The summed E-state index contributed by atoms with van der Waals surface area (Å²) in [6.45, 7) is 10.1. The Kier molecular flexibility index (Phi) is 3.73. The van der Waals surface area contributed by atoms with Gasteiger partial charge in [-0.1, -0.05) is 13.8 Å². The maximum Gasteiger partial charge on any atom is 0.331 e. The Hall–Kier alpha value is -1.32. The van der Waals surface area contributed by atoms with Gasteiger partial charge in [0.2, 0.25) is 0 Å². The van der Waals surface area contributed by atoms with E-state index in [4.69, 9.17) is 0 Å². The third-order valence-corrected chi connectivity index (χ3v) is 2.47. The van der Waals surface area contributed by atoms with Gasteiger partial charge in [-0.3, -0.25) is 13.9 Å². The maximum atomic E-state index is 12.0. The monoisotopic (exact) mass is 224 g/mol. The van der Waals surface area contributed by atoms with Gasteiger partial charge in [0.1, 0.15) is 0 Å². The highest BCUT2D eigenvalue weighted by molar-refractivity contribution is 5.03. The number of nitrogens with zero attached hydrogens (tertiary/aromatic N) is 2. The van der Waals surface area contributed by atoms with Crippen LogP contribution in [0.1, 0.15) is 39.3 Å². The van der Waals surface area contributed by atoms with Crippen LogP contribution in [0.25, 0.3) is 0 Å². The second-order valence-corrected chi connectivity index (χ2v) is 4.91. The van der Waals surface area contributed by atoms with Crippen molar-refractivity contribution >= 4 is 0 Å². The number of hydrogen-bond acceptors (Lipinski definition) is 2. The van der Waals surface area contributed by atoms with Crippen molar-refractivity contribution in [3.05, 3.63) is 32.6 Å². The lowest BCUT2D eigenvalue weighted by Crippen LogP contribution is -2.42. The summed E-state index contributed by atoms with van der Waals surface area (Å²) >= 11 is 0. The van der Waals surface area contributed by atoms with Gasteiger partial charge in [-0.2, -0.15) is 0 Å². The van der Waals surface area contributed by atoms with Crippen LogP contribution in [0.3, 0.4) is 0 Å². The molecule has 0 amide bonds. The second-order valence-electron chi connectivity index (χ2n) is 4.91. The van der Waals surface area contributed by atoms with Gasteiger partial charge in [-0.25, -0.2) is 4.79 Å². The molecule has 1 aromatic heterocycles. The van der Waals surface area contributed by atoms with Crippen LogP contribution < -0.4 is 11.2 Å². The molecule has 0 spiro atoms. The number of aryl methyl sites for hydroxylation is 1. The molecule has 0 atom stereocenters. The number of aromatic nitrogens is 2. The van der Waals surface area contributed by atoms with Crippen molar-refractivity contribution in [2.24, 2.45) is 5.92 Å². The fourth-order valence-electron chi connectivity index (χ4n) is 1.65. The standard InChI is InChI=1S/C12H20N2O2/c1-8(2)6-14-11(15)10(5)7-13(9(3)4)12(14)16/h7-9H,6H2,1-5H3. The summed E-state index contributed by atoms with van der Waals surface area (Å²) in [6, 6.07) is 0.0743. The molecule has 0 aliphatic carbocycles. The van der Waals surface area contributed by atoms with Crippen LogP contribution in [-0.4, -0.2) is 9.13 Å². The molecule has 0 bridgehead atoms. The van der Waals surface area contributed by atoms with Gasteiger partial charge in [0.05, 0.1) is 0 Å². The molecule has 0 aromatic carbocycles. The van der Waals surface area contributed by atoms with E-state index >= 15 is 0 Å². The van der Waals surface area contributed by atoms with E-state index in [-0.39, 0.29) is 23.2 Å². The van der Waals surface area contributed by atoms with E-state index in [1.54, 1.807) is 17.7 Å². The number of hydrogen-bond donors (Lipinski definition) is 0. The Labute approximate surface area is 95.5 Å². The van der Waals surface area contributed by atoms with Crippen LogP contribution in [0.4, 0.5) is 0 Å². The van der Waals surface area contributed by atoms with Gasteiger partial charge in [0, 0.05) is 24.3 Å². The average Bonchev–Trinajstić information content (AvgIpc) is 2.17. The molecule has 0 radical (unpaired) electrons. The Morgan fingerprint density at radius 1 is 1.19 bits per heavy atom. The zero-order valence-electron chi connectivity index (χ0n) is 10.7. The Balaban J connectivity index is 3.46. The largest absolute Gasteiger partial charge is 0.331 e. The highest BCUT2D eigenvalue weighted by Crippen LogP contribution is 2.00. The van der Waals surface area contributed by atoms with Gasteiger partial charge in [0.15, 0.2) is 0 Å². The minimum absolute atomic E-state index is 0.0743. The summed E-state index contributed by atoms with van der Waals surface area (Å²) in [5.41, 5.74) is 0.240. The van der Waals surface area contributed by atoms with E-state index in [1.165, 1.54) is 4.57 Å². The van der Waals surface area contributed by atoms with Crippen molar-refractivity contribution in [3.8, 4) is 0 Å². The van der Waals surface area contributed by atoms with Gasteiger partial charge in [-0.05, 0) is 26.7 Å². The highest BCUT2D eigenvalue weighted by Gasteiger charge is 2.11. The third-order valence-electron chi connectivity index (χ3n) is 2.47. The lowest BCUT2D eigenvalue weighted by Gasteiger charge is -2.15. The maximum absolute atomic E-state index is 12.0. The van der Waals surface area contributed by atoms with Crippen LogP contribution >= 0.6 is 0 Å². The molecule has 0 saturated carbocycles. The summed E-state index contributed by atoms with van der Waals surface area (Å²) < 4.78 is 2.94. The number of rotatable bonds is 3. The summed E-state index contributed by atoms with van der Waals surface area (Å²) in [5, 5.41) is 0. The fraction of sp³-hybridized carbons (Fsp3) is 0.667. The summed E-state index contributed by atoms with van der Waals surface area (Å²) in [4.78, 5) is 23.9. The van der Waals surface area contributed by atoms with Gasteiger partial charge in [-0.15, -0.1) is 0 Å². The predicted octanol–water partition coefficient (Wildman–Crippen LogP) is 1.56. The first-order valence-electron chi connectivity index (χ1n) is 5.67. The second kappa shape index (κ2) is 4.68. The summed E-state index contributed by atoms with van der Waals surface area (Å²) in [7, 11) is 0. The van der Waals surface area contributed by atoms with Crippen LogP contribution in [0.2, 0.25) is 0 Å². The van der Waals surface area contributed by atoms with E-state index in [0.29, 0.717) is 12.1 Å². The SMILES string of the molecule is Cc1cn(C(C)C)c(=O)n(CC(C)C)c1=O. The Morgan fingerprint density at radius 2 is 1.75 bits per heavy atom. The molecule has 1 aromatic rings. The normalized spacial score (nSPS) is 11.4. The first-order valence-corrected chi connectivity index (χ1v) is 5.67. The van der Waals surface area contributed by atoms with E-state index in [2.05, 4.69) is 0 Å². The predicted molar refractivity (Wildman–Crippen MR) is 64.9 cm³/mol. The fourth-order valence-corrected chi connectivity index (χ4v) is 1.65. The van der Waals surface area contributed by atoms with Gasteiger partial charge < -0.3 is 0 Å². The first kappa shape index (κ1) is 12.7. The summed E-state index contributed by atoms with van der Waals surface area (Å²) in [6.07, 6.45) is 1.64. The Morgan fingerprint density at radius 3 is 2.19 bits per heavy atom. The molecule has 0 N–H and O–H groups in total. The van der Waals surface area contributed by atoms with Crippen LogP contribution in [0.15, 0.2) is 15.8 Å². The topological polar surface area (TPSA) is 44.0 Å². The molecule has 0 saturated heterocycles. The zero-order valence-corrected chi connectivity index (χ0v) is 10.7. The lowest BCUT2D eigenvalue weighted by molar-refractivity contribution is 0.449. The summed E-state index contributed by atoms with van der Waals surface area (Å²) in [5.74, 6) is 0.285. The minimum atomic E-state index is -0.209. The zero-order chi connectivity index (χ0) is 12.5. The molecular weight excluding hydrogens is 204 g/mol. The molecule has 4 heteroatoms. The molecule has 1 heterocycles. The third kappa shape index (κ3) is 2.43. The molecule has 0 aliphatic rings. The van der Waals surface area contributed by atoms with Crippen LogP contribution in [0, 0.1) is 12.8 Å². The average molecular weight is 224 g/mol. The van der Waals surface area contributed by atoms with Crippen molar-refractivity contribution in [1.29, 1.82) is 0 Å². The molecular formula is C12H20N2O2. The molecule has 4 nitrogen and oxygen atoms in total. The van der Waals surface area contributed by atoms with Crippen LogP contribution in [0.5, 0.6) is 0 Å². The van der Waals surface area contributed by atoms with Gasteiger partial charge >= 0.3 is 5.69 Å². The van der Waals surface area contributed by atoms with Crippen molar-refractivity contribution < 1.29 is 0 Å². The first-order chi connectivity index (χ1) is 7.34. The quantitative estimate of drug-likeness (QED) is 0.782. The van der Waals surface area contributed by atoms with Gasteiger partial charge in [0.25, 0.3) is 5.56 Å².